The first-order valence-corrected chi connectivity index (χ1v) is 7.73. The number of ether oxygens (including phenoxy) is 2. The molecule has 0 aromatic rings. The fourth-order valence-corrected chi connectivity index (χ4v) is 1.83. The predicted octanol–water partition coefficient (Wildman–Crippen LogP) is 1.24. The summed E-state index contributed by atoms with van der Waals surface area (Å²) in [5.74, 6) is -1.28. The molecule has 0 aliphatic heterocycles. The smallest absolute Gasteiger partial charge is 0.320 e. The highest BCUT2D eigenvalue weighted by Gasteiger charge is 2.21. The molecule has 0 fully saturated rings. The molecule has 0 heterocycles. The van der Waals surface area contributed by atoms with Crippen molar-refractivity contribution >= 4 is 17.8 Å². The molecule has 0 aromatic carbocycles. The third-order valence-electron chi connectivity index (χ3n) is 2.43. The molecule has 0 rings (SSSR count). The molecule has 0 aliphatic rings. The van der Waals surface area contributed by atoms with Gasteiger partial charge >= 0.3 is 11.9 Å². The number of carbonyl (C=O) groups is 3. The normalized spacial score (nSPS) is 12.1. The van der Waals surface area contributed by atoms with E-state index in [0.29, 0.717) is 13.0 Å². The van der Waals surface area contributed by atoms with Gasteiger partial charge in [0.05, 0.1) is 13.1 Å². The first-order valence-electron chi connectivity index (χ1n) is 7.73. The van der Waals surface area contributed by atoms with Crippen molar-refractivity contribution in [1.82, 2.24) is 4.90 Å². The Labute approximate surface area is 138 Å². The Morgan fingerprint density at radius 2 is 1.35 bits per heavy atom. The zero-order valence-corrected chi connectivity index (χ0v) is 15.1. The van der Waals surface area contributed by atoms with E-state index in [1.807, 2.05) is 0 Å². The molecule has 0 bridgehead atoms. The van der Waals surface area contributed by atoms with E-state index in [2.05, 4.69) is 0 Å². The minimum atomic E-state index is -0.591. The number of hydrogen-bond acceptors (Lipinski definition) is 6. The number of rotatable bonds is 8. The lowest BCUT2D eigenvalue weighted by atomic mass is 10.2. The maximum absolute atomic E-state index is 11.8. The molecule has 0 aliphatic carbocycles. The zero-order valence-electron chi connectivity index (χ0n) is 15.1. The Hall–Kier alpha value is -1.63. The van der Waals surface area contributed by atoms with Gasteiger partial charge in [-0.2, -0.15) is 0 Å². The largest absolute Gasteiger partial charge is 0.460 e. The van der Waals surface area contributed by atoms with Crippen LogP contribution in [-0.4, -0.2) is 53.6 Å². The molecule has 2 N–H and O–H groups in total. The Bertz CT molecular complexity index is 421. The van der Waals surface area contributed by atoms with Crippen LogP contribution in [-0.2, 0) is 23.9 Å². The van der Waals surface area contributed by atoms with Crippen LogP contribution in [0, 0.1) is 0 Å². The monoisotopic (exact) mass is 330 g/mol. The van der Waals surface area contributed by atoms with Gasteiger partial charge in [-0.25, -0.2) is 0 Å². The maximum Gasteiger partial charge on any atom is 0.320 e. The van der Waals surface area contributed by atoms with Gasteiger partial charge in [0.1, 0.15) is 11.2 Å². The van der Waals surface area contributed by atoms with Gasteiger partial charge in [-0.1, -0.05) is 0 Å². The average Bonchev–Trinajstić information content (AvgIpc) is 2.21. The van der Waals surface area contributed by atoms with Crippen molar-refractivity contribution in [3.8, 4) is 0 Å². The van der Waals surface area contributed by atoms with Crippen molar-refractivity contribution in [2.75, 3.05) is 19.6 Å². The van der Waals surface area contributed by atoms with Crippen LogP contribution >= 0.6 is 0 Å². The van der Waals surface area contributed by atoms with Crippen molar-refractivity contribution in [3.63, 3.8) is 0 Å². The van der Waals surface area contributed by atoms with E-state index >= 15 is 0 Å². The molecule has 7 nitrogen and oxygen atoms in total. The summed E-state index contributed by atoms with van der Waals surface area (Å²) in [6, 6.07) is 0. The van der Waals surface area contributed by atoms with E-state index in [1.54, 1.807) is 46.4 Å². The van der Waals surface area contributed by atoms with Crippen LogP contribution in [0.5, 0.6) is 0 Å². The van der Waals surface area contributed by atoms with Gasteiger partial charge in [0.25, 0.3) is 0 Å². The van der Waals surface area contributed by atoms with E-state index < -0.39 is 23.1 Å². The van der Waals surface area contributed by atoms with Crippen molar-refractivity contribution < 1.29 is 23.9 Å². The van der Waals surface area contributed by atoms with Crippen LogP contribution < -0.4 is 5.73 Å². The molecule has 7 heteroatoms. The number of esters is 2. The zero-order chi connectivity index (χ0) is 18.3. The second-order valence-corrected chi connectivity index (χ2v) is 7.45. The lowest BCUT2D eigenvalue weighted by Crippen LogP contribution is -2.40. The van der Waals surface area contributed by atoms with Crippen molar-refractivity contribution in [3.05, 3.63) is 0 Å². The first kappa shape index (κ1) is 21.4. The number of nitrogens with zero attached hydrogens (tertiary/aromatic N) is 1. The summed E-state index contributed by atoms with van der Waals surface area (Å²) in [7, 11) is 0. The van der Waals surface area contributed by atoms with Crippen LogP contribution in [0.25, 0.3) is 0 Å². The first-order chi connectivity index (χ1) is 10.3. The van der Waals surface area contributed by atoms with E-state index in [1.165, 1.54) is 0 Å². The van der Waals surface area contributed by atoms with Crippen LogP contribution in [0.1, 0.15) is 54.4 Å². The topological polar surface area (TPSA) is 98.9 Å². The number of nitrogens with two attached hydrogens (primary N) is 1. The molecule has 0 atom stereocenters. The van der Waals surface area contributed by atoms with Gasteiger partial charge in [-0.3, -0.25) is 19.3 Å². The molecule has 0 radical (unpaired) electrons. The van der Waals surface area contributed by atoms with E-state index in [9.17, 15) is 14.4 Å². The summed E-state index contributed by atoms with van der Waals surface area (Å²) in [5.41, 5.74) is 4.07. The average molecular weight is 330 g/mol. The lowest BCUT2D eigenvalue weighted by Gasteiger charge is -2.24. The second-order valence-electron chi connectivity index (χ2n) is 7.45. The summed E-state index contributed by atoms with van der Waals surface area (Å²) in [5, 5.41) is 0. The minimum absolute atomic E-state index is 0.0471. The van der Waals surface area contributed by atoms with E-state index in [4.69, 9.17) is 15.2 Å². The number of carbonyl (C=O) groups excluding carboxylic acids is 3. The van der Waals surface area contributed by atoms with Crippen LogP contribution in [0.4, 0.5) is 0 Å². The molecular formula is C16H30N2O5. The fourth-order valence-electron chi connectivity index (χ4n) is 1.83. The lowest BCUT2D eigenvalue weighted by molar-refractivity contribution is -0.156. The quantitative estimate of drug-likeness (QED) is 0.672. The molecular weight excluding hydrogens is 300 g/mol. The van der Waals surface area contributed by atoms with Gasteiger partial charge in [0, 0.05) is 6.42 Å². The summed E-state index contributed by atoms with van der Waals surface area (Å²) in [6.07, 6.45) is 0.672. The Kier molecular flexibility index (Phi) is 8.23. The number of amides is 1. The Morgan fingerprint density at radius 3 is 1.78 bits per heavy atom. The van der Waals surface area contributed by atoms with E-state index in [-0.39, 0.29) is 25.5 Å². The molecule has 0 saturated heterocycles. The van der Waals surface area contributed by atoms with Crippen molar-refractivity contribution in [1.29, 1.82) is 0 Å². The van der Waals surface area contributed by atoms with Gasteiger partial charge in [-0.05, 0) is 54.5 Å². The molecule has 0 saturated carbocycles. The van der Waals surface area contributed by atoms with E-state index in [0.717, 1.165) is 0 Å². The van der Waals surface area contributed by atoms with Gasteiger partial charge < -0.3 is 15.2 Å². The molecule has 23 heavy (non-hydrogen) atoms. The van der Waals surface area contributed by atoms with Gasteiger partial charge in [0.15, 0.2) is 0 Å². The molecule has 0 spiro atoms. The molecule has 0 aromatic heterocycles. The maximum atomic E-state index is 11.8. The number of primary amides is 1. The number of hydrogen-bond donors (Lipinski definition) is 1. The second kappa shape index (κ2) is 8.86. The van der Waals surface area contributed by atoms with Crippen LogP contribution in [0.2, 0.25) is 0 Å². The predicted molar refractivity (Wildman–Crippen MR) is 86.6 cm³/mol. The summed E-state index contributed by atoms with van der Waals surface area (Å²) in [6.45, 7) is 11.0. The van der Waals surface area contributed by atoms with Gasteiger partial charge in [-0.15, -0.1) is 0 Å². The molecule has 134 valence electrons. The molecule has 1 amide bonds. The highest BCUT2D eigenvalue weighted by molar-refractivity contribution is 5.77. The van der Waals surface area contributed by atoms with Crippen molar-refractivity contribution in [2.24, 2.45) is 5.73 Å². The third kappa shape index (κ3) is 13.7. The summed E-state index contributed by atoms with van der Waals surface area (Å²) >= 11 is 0. The van der Waals surface area contributed by atoms with Crippen molar-refractivity contribution in [2.45, 2.75) is 65.6 Å². The Morgan fingerprint density at radius 1 is 0.870 bits per heavy atom. The highest BCUT2D eigenvalue weighted by Crippen LogP contribution is 2.10. The third-order valence-corrected chi connectivity index (χ3v) is 2.43. The summed E-state index contributed by atoms with van der Waals surface area (Å²) < 4.78 is 10.4. The SMILES string of the molecule is CC(C)(C)OC(=O)CCCN(CC(N)=O)CC(=O)OC(C)(C)C. The molecule has 0 unspecified atom stereocenters. The standard InChI is InChI=1S/C16H30N2O5/c1-15(2,3)22-13(20)8-7-9-18(10-12(17)19)11-14(21)23-16(4,5)6/h7-11H2,1-6H3,(H2,17,19). The minimum Gasteiger partial charge on any atom is -0.460 e. The van der Waals surface area contributed by atoms with Crippen LogP contribution in [0.15, 0.2) is 0 Å². The highest BCUT2D eigenvalue weighted by atomic mass is 16.6. The fraction of sp³-hybridized carbons (Fsp3) is 0.812. The Balaban J connectivity index is 4.38. The van der Waals surface area contributed by atoms with Crippen LogP contribution in [0.3, 0.4) is 0 Å². The summed E-state index contributed by atoms with van der Waals surface area (Å²) in [4.78, 5) is 36.1. The van der Waals surface area contributed by atoms with Gasteiger partial charge in [0.2, 0.25) is 5.91 Å².